The van der Waals surface area contributed by atoms with E-state index in [1.807, 2.05) is 0 Å². The second-order valence-electron chi connectivity index (χ2n) is 0.667. The molecule has 0 rings (SSSR count). The van der Waals surface area contributed by atoms with Crippen molar-refractivity contribution >= 4 is 12.6 Å². The molecular formula is C2H8N4S. The second-order valence-corrected chi connectivity index (χ2v) is 1.11. The Morgan fingerprint density at radius 3 is 1.71 bits per heavy atom. The summed E-state index contributed by atoms with van der Waals surface area (Å²) in [6, 6.07) is 0. The molecule has 0 aliphatic carbocycles. The van der Waals surface area contributed by atoms with E-state index in [0.717, 1.165) is 12.3 Å². The third kappa shape index (κ3) is 192. The summed E-state index contributed by atoms with van der Waals surface area (Å²) in [5.74, 6) is 0.903. The Balaban J connectivity index is 0. The average Bonchev–Trinajstić information content (AvgIpc) is 1.69. The van der Waals surface area contributed by atoms with Crippen molar-refractivity contribution in [1.82, 2.24) is 0 Å². The smallest absolute Gasteiger partial charge is 0.0829 e. The molecule has 0 aliphatic rings. The van der Waals surface area contributed by atoms with Gasteiger partial charge in [0.15, 0.2) is 0 Å². The molecule has 0 heterocycles. The van der Waals surface area contributed by atoms with Crippen LogP contribution in [-0.2, 0) is 0 Å². The van der Waals surface area contributed by atoms with Gasteiger partial charge in [-0.1, -0.05) is 0 Å². The van der Waals surface area contributed by atoms with Gasteiger partial charge < -0.3 is 16.8 Å². The van der Waals surface area contributed by atoms with Crippen LogP contribution in [0.15, 0.2) is 0 Å². The highest BCUT2D eigenvalue weighted by Gasteiger charge is 1.60. The number of nitrogens with zero attached hydrogens (tertiary/aromatic N) is 3. The number of thiol groups is 1. The standard InChI is InChI=1S/C2H7NS.N3/c3-1-2-4;1-3-2/h4H,1-3H2;/q;-1/p+1. The molecule has 0 atom stereocenters. The molecule has 0 unspecified atom stereocenters. The lowest BCUT2D eigenvalue weighted by atomic mass is 10.8. The lowest BCUT2D eigenvalue weighted by molar-refractivity contribution is -0.360. The Labute approximate surface area is 47.5 Å². The quantitative estimate of drug-likeness (QED) is 0.211. The third-order valence-corrected chi connectivity index (χ3v) is 0.474. The number of rotatable bonds is 1. The van der Waals surface area contributed by atoms with Crippen LogP contribution in [0.3, 0.4) is 0 Å². The van der Waals surface area contributed by atoms with Crippen molar-refractivity contribution in [1.29, 1.82) is 0 Å². The van der Waals surface area contributed by atoms with Gasteiger partial charge >= 0.3 is 0 Å². The highest BCUT2D eigenvalue weighted by molar-refractivity contribution is 7.80. The van der Waals surface area contributed by atoms with Crippen LogP contribution in [0.1, 0.15) is 0 Å². The number of quaternary nitrogens is 1. The zero-order valence-electron chi connectivity index (χ0n) is 3.91. The van der Waals surface area contributed by atoms with Crippen LogP contribution in [0.5, 0.6) is 0 Å². The molecule has 0 saturated carbocycles. The van der Waals surface area contributed by atoms with E-state index in [1.165, 1.54) is 4.91 Å². The molecular weight excluding hydrogens is 112 g/mol. The van der Waals surface area contributed by atoms with E-state index in [1.54, 1.807) is 0 Å². The minimum absolute atomic E-state index is 0.903. The maximum absolute atomic E-state index is 6.75. The van der Waals surface area contributed by atoms with Crippen molar-refractivity contribution in [2.24, 2.45) is 0 Å². The van der Waals surface area contributed by atoms with Crippen molar-refractivity contribution in [3.05, 3.63) is 16.0 Å². The van der Waals surface area contributed by atoms with Crippen LogP contribution >= 0.6 is 12.6 Å². The summed E-state index contributed by atoms with van der Waals surface area (Å²) in [5.41, 5.74) is 17.0. The average molecular weight is 120 g/mol. The summed E-state index contributed by atoms with van der Waals surface area (Å²) < 4.78 is 0. The summed E-state index contributed by atoms with van der Waals surface area (Å²) in [5, 5.41) is 0. The van der Waals surface area contributed by atoms with E-state index >= 15 is 0 Å². The van der Waals surface area contributed by atoms with Gasteiger partial charge in [0.2, 0.25) is 0 Å². The minimum Gasteiger partial charge on any atom is -0.373 e. The van der Waals surface area contributed by atoms with Gasteiger partial charge in [-0.25, -0.2) is 0 Å². The number of hydrogen-bond acceptors (Lipinski definition) is 1. The predicted molar refractivity (Wildman–Crippen MR) is 31.7 cm³/mol. The van der Waals surface area contributed by atoms with E-state index in [9.17, 15) is 0 Å². The van der Waals surface area contributed by atoms with Crippen LogP contribution < -0.4 is 5.73 Å². The molecule has 0 aromatic heterocycles. The van der Waals surface area contributed by atoms with Gasteiger partial charge in [0, 0.05) is 5.75 Å². The molecule has 3 N–H and O–H groups in total. The van der Waals surface area contributed by atoms with Gasteiger partial charge in [-0.15, -0.1) is 0 Å². The molecule has 0 bridgehead atoms. The second kappa shape index (κ2) is 17.5. The molecule has 0 spiro atoms. The summed E-state index contributed by atoms with van der Waals surface area (Å²) >= 11 is 3.86. The maximum atomic E-state index is 6.75. The molecule has 42 valence electrons. The molecule has 0 amide bonds. The van der Waals surface area contributed by atoms with Crippen molar-refractivity contribution < 1.29 is 5.73 Å². The van der Waals surface area contributed by atoms with E-state index < -0.39 is 0 Å². The van der Waals surface area contributed by atoms with Crippen LogP contribution in [0.4, 0.5) is 0 Å². The maximum Gasteiger partial charge on any atom is 0.0829 e. The fourth-order valence-corrected chi connectivity index (χ4v) is 0. The lowest BCUT2D eigenvalue weighted by Gasteiger charge is -1.66. The zero-order valence-corrected chi connectivity index (χ0v) is 4.80. The largest absolute Gasteiger partial charge is 0.373 e. The van der Waals surface area contributed by atoms with E-state index in [-0.39, 0.29) is 0 Å². The van der Waals surface area contributed by atoms with Crippen molar-refractivity contribution in [3.8, 4) is 0 Å². The molecule has 4 nitrogen and oxygen atoms in total. The van der Waals surface area contributed by atoms with Crippen molar-refractivity contribution in [2.45, 2.75) is 0 Å². The third-order valence-electron chi connectivity index (χ3n) is 0.158. The van der Waals surface area contributed by atoms with Crippen LogP contribution in [0.2, 0.25) is 0 Å². The van der Waals surface area contributed by atoms with E-state index in [2.05, 4.69) is 18.4 Å². The molecule has 0 aromatic rings. The van der Waals surface area contributed by atoms with Crippen molar-refractivity contribution in [3.63, 3.8) is 0 Å². The van der Waals surface area contributed by atoms with Gasteiger partial charge in [0.1, 0.15) is 0 Å². The van der Waals surface area contributed by atoms with Crippen molar-refractivity contribution in [2.75, 3.05) is 12.3 Å². The summed E-state index contributed by atoms with van der Waals surface area (Å²) in [6.45, 7) is 0.934. The van der Waals surface area contributed by atoms with Gasteiger partial charge in [0.25, 0.3) is 0 Å². The first-order valence-corrected chi connectivity index (χ1v) is 2.35. The first-order chi connectivity index (χ1) is 3.33. The van der Waals surface area contributed by atoms with Crippen LogP contribution in [-0.4, -0.2) is 12.3 Å². The number of hydrogen-bond donors (Lipinski definition) is 2. The monoisotopic (exact) mass is 120 g/mol. The summed E-state index contributed by atoms with van der Waals surface area (Å²) in [4.78, 5) is 1.50. The first-order valence-electron chi connectivity index (χ1n) is 1.72. The van der Waals surface area contributed by atoms with Gasteiger partial charge in [0.05, 0.1) is 6.54 Å². The van der Waals surface area contributed by atoms with E-state index in [4.69, 9.17) is 11.1 Å². The molecule has 7 heavy (non-hydrogen) atoms. The van der Waals surface area contributed by atoms with Crippen LogP contribution in [0, 0.1) is 0 Å². The first kappa shape index (κ1) is 9.80. The Bertz CT molecular complexity index is 45.7. The Hall–Kier alpha value is -0.380. The molecule has 0 radical (unpaired) electrons. The Kier molecular flexibility index (Phi) is 24.5. The molecule has 0 fully saturated rings. The molecule has 0 aromatic carbocycles. The summed E-state index contributed by atoms with van der Waals surface area (Å²) in [7, 11) is 0. The SMILES string of the molecule is [N-]=[N+]=[N-].[NH3+]CCS. The summed E-state index contributed by atoms with van der Waals surface area (Å²) in [6.07, 6.45) is 0. The fourth-order valence-electron chi connectivity index (χ4n) is 0. The van der Waals surface area contributed by atoms with Gasteiger partial charge in [-0.05, 0) is 0 Å². The fraction of sp³-hybridized carbons (Fsp3) is 1.00. The predicted octanol–water partition coefficient (Wildman–Crippen LogP) is 0.0242. The highest BCUT2D eigenvalue weighted by Crippen LogP contribution is 1.56. The van der Waals surface area contributed by atoms with Crippen LogP contribution in [0.25, 0.3) is 16.0 Å². The molecule has 0 saturated heterocycles. The lowest BCUT2D eigenvalue weighted by Crippen LogP contribution is -2.51. The van der Waals surface area contributed by atoms with Gasteiger partial charge in [-0.3, -0.25) is 4.91 Å². The Morgan fingerprint density at radius 1 is 1.57 bits per heavy atom. The normalized spacial score (nSPS) is 5.43. The molecule has 0 aliphatic heterocycles. The minimum atomic E-state index is 0.903. The topological polar surface area (TPSA) is 86.3 Å². The molecule has 5 heteroatoms. The zero-order chi connectivity index (χ0) is 6.12. The Morgan fingerprint density at radius 2 is 1.71 bits per heavy atom. The highest BCUT2D eigenvalue weighted by atomic mass is 32.1. The van der Waals surface area contributed by atoms with E-state index in [0.29, 0.717) is 0 Å². The van der Waals surface area contributed by atoms with Gasteiger partial charge in [-0.2, -0.15) is 12.6 Å².